The molecule has 4 heteroatoms. The summed E-state index contributed by atoms with van der Waals surface area (Å²) in [7, 11) is 0. The van der Waals surface area contributed by atoms with E-state index in [0.717, 1.165) is 38.0 Å². The van der Waals surface area contributed by atoms with Gasteiger partial charge < -0.3 is 4.90 Å². The molecule has 0 spiro atoms. The second-order valence-electron chi connectivity index (χ2n) is 5.01. The van der Waals surface area contributed by atoms with Gasteiger partial charge in [-0.3, -0.25) is 9.69 Å². The highest BCUT2D eigenvalue weighted by Crippen LogP contribution is 2.32. The molecule has 1 aromatic heterocycles. The van der Waals surface area contributed by atoms with Gasteiger partial charge in [0.15, 0.2) is 0 Å². The highest BCUT2D eigenvalue weighted by atomic mass is 32.1. The number of hydrogen-bond donors (Lipinski definition) is 0. The molecular weight excluding hydrogens is 244 g/mol. The van der Waals surface area contributed by atoms with Gasteiger partial charge in [-0.2, -0.15) is 11.3 Å². The molecule has 0 saturated carbocycles. The van der Waals surface area contributed by atoms with E-state index < -0.39 is 0 Å². The lowest BCUT2D eigenvalue weighted by atomic mass is 10.1. The molecule has 1 amide bonds. The highest BCUT2D eigenvalue weighted by molar-refractivity contribution is 7.08. The van der Waals surface area contributed by atoms with Crippen LogP contribution in [-0.4, -0.2) is 47.4 Å². The molecule has 2 saturated heterocycles. The lowest BCUT2D eigenvalue weighted by molar-refractivity contribution is 0.0733. The van der Waals surface area contributed by atoms with E-state index in [-0.39, 0.29) is 5.91 Å². The minimum atomic E-state index is 0.212. The van der Waals surface area contributed by atoms with Gasteiger partial charge in [0.1, 0.15) is 0 Å². The van der Waals surface area contributed by atoms with Crippen molar-refractivity contribution in [3.8, 4) is 0 Å². The normalized spacial score (nSPS) is 27.4. The fourth-order valence-corrected chi connectivity index (χ4v) is 3.90. The Morgan fingerprint density at radius 2 is 2.28 bits per heavy atom. The van der Waals surface area contributed by atoms with E-state index in [0.29, 0.717) is 12.1 Å². The molecule has 3 heterocycles. The van der Waals surface area contributed by atoms with Crippen LogP contribution in [0.25, 0.3) is 0 Å². The third kappa shape index (κ3) is 1.89. The van der Waals surface area contributed by atoms with E-state index in [1.54, 1.807) is 11.3 Å². The number of hydrogen-bond acceptors (Lipinski definition) is 3. The Hall–Kier alpha value is -1.13. The fraction of sp³-hybridized carbons (Fsp3) is 0.500. The van der Waals surface area contributed by atoms with E-state index >= 15 is 0 Å². The van der Waals surface area contributed by atoms with Gasteiger partial charge in [0, 0.05) is 37.1 Å². The molecule has 0 aromatic carbocycles. The molecule has 96 valence electrons. The zero-order valence-electron chi connectivity index (χ0n) is 10.4. The largest absolute Gasteiger partial charge is 0.334 e. The number of likely N-dealkylation sites (tertiary alicyclic amines) is 2. The Balaban J connectivity index is 1.74. The standard InChI is InChI=1S/C14H18N2OS/c1-2-6-15-7-3-13-12(15)4-8-16(13)14(17)11-5-9-18-10-11/h2,5,9-10,12-13H,1,3-4,6-8H2/t12-,13+/m0/s1. The summed E-state index contributed by atoms with van der Waals surface area (Å²) >= 11 is 1.59. The van der Waals surface area contributed by atoms with Crippen molar-refractivity contribution in [2.45, 2.75) is 24.9 Å². The fourth-order valence-electron chi connectivity index (χ4n) is 3.27. The summed E-state index contributed by atoms with van der Waals surface area (Å²) in [6, 6.07) is 2.89. The van der Waals surface area contributed by atoms with E-state index in [4.69, 9.17) is 0 Å². The van der Waals surface area contributed by atoms with Gasteiger partial charge in [0.25, 0.3) is 5.91 Å². The number of fused-ring (bicyclic) bond motifs is 1. The lowest BCUT2D eigenvalue weighted by Crippen LogP contribution is -2.39. The quantitative estimate of drug-likeness (QED) is 0.780. The molecule has 3 rings (SSSR count). The topological polar surface area (TPSA) is 23.6 Å². The molecular formula is C14H18N2OS. The first-order chi connectivity index (χ1) is 8.81. The number of carbonyl (C=O) groups excluding carboxylic acids is 1. The monoisotopic (exact) mass is 262 g/mol. The Labute approximate surface area is 112 Å². The van der Waals surface area contributed by atoms with Crippen molar-refractivity contribution < 1.29 is 4.79 Å². The molecule has 2 fully saturated rings. The maximum Gasteiger partial charge on any atom is 0.255 e. The zero-order chi connectivity index (χ0) is 12.5. The molecule has 0 radical (unpaired) electrons. The first-order valence-corrected chi connectivity index (χ1v) is 7.43. The van der Waals surface area contributed by atoms with Gasteiger partial charge in [0.2, 0.25) is 0 Å². The van der Waals surface area contributed by atoms with Crippen LogP contribution in [-0.2, 0) is 0 Å². The van der Waals surface area contributed by atoms with Gasteiger partial charge >= 0.3 is 0 Å². The van der Waals surface area contributed by atoms with Crippen LogP contribution in [0.1, 0.15) is 23.2 Å². The predicted molar refractivity (Wildman–Crippen MR) is 73.9 cm³/mol. The summed E-state index contributed by atoms with van der Waals surface area (Å²) in [6.45, 7) is 6.75. The Bertz CT molecular complexity index is 443. The first kappa shape index (κ1) is 11.9. The number of amides is 1. The van der Waals surface area contributed by atoms with Crippen molar-refractivity contribution in [1.82, 2.24) is 9.80 Å². The second-order valence-corrected chi connectivity index (χ2v) is 5.79. The molecule has 3 nitrogen and oxygen atoms in total. The maximum atomic E-state index is 12.4. The molecule has 0 bridgehead atoms. The van der Waals surface area contributed by atoms with Crippen LogP contribution in [0.15, 0.2) is 29.5 Å². The summed E-state index contributed by atoms with van der Waals surface area (Å²) in [4.78, 5) is 16.9. The van der Waals surface area contributed by atoms with Crippen LogP contribution in [0.2, 0.25) is 0 Å². The summed E-state index contributed by atoms with van der Waals surface area (Å²) in [6.07, 6.45) is 4.18. The van der Waals surface area contributed by atoms with E-state index in [9.17, 15) is 4.79 Å². The second kappa shape index (κ2) is 4.86. The van der Waals surface area contributed by atoms with Gasteiger partial charge in [-0.1, -0.05) is 6.08 Å². The molecule has 1 aromatic rings. The summed E-state index contributed by atoms with van der Waals surface area (Å²) in [5.41, 5.74) is 0.850. The van der Waals surface area contributed by atoms with Crippen LogP contribution in [0.5, 0.6) is 0 Å². The summed E-state index contributed by atoms with van der Waals surface area (Å²) < 4.78 is 0. The van der Waals surface area contributed by atoms with Crippen molar-refractivity contribution in [3.05, 3.63) is 35.0 Å². The third-order valence-electron chi connectivity index (χ3n) is 4.08. The van der Waals surface area contributed by atoms with Crippen molar-refractivity contribution in [1.29, 1.82) is 0 Å². The number of thiophene rings is 1. The lowest BCUT2D eigenvalue weighted by Gasteiger charge is -2.24. The van der Waals surface area contributed by atoms with Gasteiger partial charge in [0.05, 0.1) is 5.56 Å². The average molecular weight is 262 g/mol. The van der Waals surface area contributed by atoms with Crippen molar-refractivity contribution in [3.63, 3.8) is 0 Å². The SMILES string of the molecule is C=CCN1CC[C@@H]2[C@@H]1CCN2C(=O)c1ccsc1. The minimum Gasteiger partial charge on any atom is -0.334 e. The molecule has 2 aliphatic rings. The average Bonchev–Trinajstić information content (AvgIpc) is 3.06. The molecule has 0 unspecified atom stereocenters. The molecule has 2 aliphatic heterocycles. The van der Waals surface area contributed by atoms with Crippen molar-refractivity contribution in [2.75, 3.05) is 19.6 Å². The number of nitrogens with zero attached hydrogens (tertiary/aromatic N) is 2. The van der Waals surface area contributed by atoms with Crippen LogP contribution >= 0.6 is 11.3 Å². The molecule has 0 aliphatic carbocycles. The Kier molecular flexibility index (Phi) is 3.22. The summed E-state index contributed by atoms with van der Waals surface area (Å²) in [5.74, 6) is 0.212. The molecule has 18 heavy (non-hydrogen) atoms. The first-order valence-electron chi connectivity index (χ1n) is 6.49. The molecule has 2 atom stereocenters. The third-order valence-corrected chi connectivity index (χ3v) is 4.77. The van der Waals surface area contributed by atoms with Crippen molar-refractivity contribution in [2.24, 2.45) is 0 Å². The van der Waals surface area contributed by atoms with Crippen LogP contribution in [0.4, 0.5) is 0 Å². The zero-order valence-corrected chi connectivity index (χ0v) is 11.2. The number of carbonyl (C=O) groups is 1. The number of rotatable bonds is 3. The highest BCUT2D eigenvalue weighted by Gasteiger charge is 2.43. The van der Waals surface area contributed by atoms with Crippen LogP contribution in [0.3, 0.4) is 0 Å². The van der Waals surface area contributed by atoms with Crippen molar-refractivity contribution >= 4 is 17.2 Å². The van der Waals surface area contributed by atoms with Gasteiger partial charge in [-0.25, -0.2) is 0 Å². The Morgan fingerprint density at radius 1 is 1.44 bits per heavy atom. The summed E-state index contributed by atoms with van der Waals surface area (Å²) in [5, 5.41) is 3.92. The van der Waals surface area contributed by atoms with Crippen LogP contribution < -0.4 is 0 Å². The van der Waals surface area contributed by atoms with Gasteiger partial charge in [-0.15, -0.1) is 6.58 Å². The Morgan fingerprint density at radius 3 is 3.00 bits per heavy atom. The van der Waals surface area contributed by atoms with Gasteiger partial charge in [-0.05, 0) is 24.3 Å². The smallest absolute Gasteiger partial charge is 0.255 e. The van der Waals surface area contributed by atoms with E-state index in [1.165, 1.54) is 0 Å². The van der Waals surface area contributed by atoms with E-state index in [1.807, 2.05) is 22.9 Å². The van der Waals surface area contributed by atoms with E-state index in [2.05, 4.69) is 16.4 Å². The predicted octanol–water partition coefficient (Wildman–Crippen LogP) is 2.22. The van der Waals surface area contributed by atoms with Crippen LogP contribution in [0, 0.1) is 0 Å². The minimum absolute atomic E-state index is 0.212. The molecule has 0 N–H and O–H groups in total. The maximum absolute atomic E-state index is 12.4.